The van der Waals surface area contributed by atoms with Crippen molar-refractivity contribution in [2.24, 2.45) is 0 Å². The molecule has 0 aliphatic heterocycles. The molecule has 0 saturated carbocycles. The maximum absolute atomic E-state index is 11.7. The number of benzene rings is 1. The summed E-state index contributed by atoms with van der Waals surface area (Å²) in [6, 6.07) is 5.71. The van der Waals surface area contributed by atoms with Crippen LogP contribution in [0.5, 0.6) is 0 Å². The van der Waals surface area contributed by atoms with Crippen LogP contribution in [0.15, 0.2) is 23.1 Å². The van der Waals surface area contributed by atoms with Crippen LogP contribution < -0.4 is 0 Å². The first-order valence-electron chi connectivity index (χ1n) is 5.05. The van der Waals surface area contributed by atoms with Crippen LogP contribution in [0, 0.1) is 0 Å². The number of carbonyl (C=O) groups excluding carboxylic acids is 1. The highest BCUT2D eigenvalue weighted by Crippen LogP contribution is 2.22. The molecule has 1 aromatic carbocycles. The van der Waals surface area contributed by atoms with Crippen molar-refractivity contribution in [1.82, 2.24) is 0 Å². The van der Waals surface area contributed by atoms with Crippen molar-refractivity contribution in [3.05, 3.63) is 29.3 Å². The SMILES string of the molecule is CCOC(=O)c1cc(COC)ccc1SC. The van der Waals surface area contributed by atoms with Gasteiger partial charge in [-0.05, 0) is 30.9 Å². The number of hydrogen-bond donors (Lipinski definition) is 0. The largest absolute Gasteiger partial charge is 0.462 e. The molecule has 0 radical (unpaired) electrons. The molecule has 0 saturated heterocycles. The van der Waals surface area contributed by atoms with Crippen molar-refractivity contribution < 1.29 is 14.3 Å². The molecule has 0 unspecified atom stereocenters. The minimum Gasteiger partial charge on any atom is -0.462 e. The first kappa shape index (κ1) is 13.1. The Hall–Kier alpha value is -1.00. The molecule has 0 bridgehead atoms. The third kappa shape index (κ3) is 3.25. The summed E-state index contributed by atoms with van der Waals surface area (Å²) in [4.78, 5) is 12.6. The summed E-state index contributed by atoms with van der Waals surface area (Å²) in [6.45, 7) is 2.69. The number of hydrogen-bond acceptors (Lipinski definition) is 4. The Balaban J connectivity index is 3.01. The molecular weight excluding hydrogens is 224 g/mol. The first-order chi connectivity index (χ1) is 7.72. The highest BCUT2D eigenvalue weighted by atomic mass is 32.2. The molecule has 16 heavy (non-hydrogen) atoms. The van der Waals surface area contributed by atoms with Crippen molar-refractivity contribution in [3.63, 3.8) is 0 Å². The molecule has 1 aromatic rings. The van der Waals surface area contributed by atoms with E-state index >= 15 is 0 Å². The fourth-order valence-electron chi connectivity index (χ4n) is 1.38. The van der Waals surface area contributed by atoms with Gasteiger partial charge in [-0.1, -0.05) is 6.07 Å². The summed E-state index contributed by atoms with van der Waals surface area (Å²) < 4.78 is 10.0. The van der Waals surface area contributed by atoms with Gasteiger partial charge in [-0.15, -0.1) is 11.8 Å². The summed E-state index contributed by atoms with van der Waals surface area (Å²) in [7, 11) is 1.63. The molecule has 0 amide bonds. The van der Waals surface area contributed by atoms with Crippen LogP contribution in [-0.4, -0.2) is 25.9 Å². The summed E-state index contributed by atoms with van der Waals surface area (Å²) in [5.41, 5.74) is 1.59. The Bertz CT molecular complexity index is 363. The van der Waals surface area contributed by atoms with Gasteiger partial charge in [-0.3, -0.25) is 0 Å². The molecule has 0 heterocycles. The summed E-state index contributed by atoms with van der Waals surface area (Å²) >= 11 is 1.53. The third-order valence-corrected chi connectivity index (χ3v) is 2.87. The van der Waals surface area contributed by atoms with Gasteiger partial charge < -0.3 is 9.47 Å². The lowest BCUT2D eigenvalue weighted by Gasteiger charge is -2.08. The Morgan fingerprint density at radius 1 is 1.44 bits per heavy atom. The van der Waals surface area contributed by atoms with Crippen LogP contribution in [0.1, 0.15) is 22.8 Å². The monoisotopic (exact) mass is 240 g/mol. The van der Waals surface area contributed by atoms with E-state index in [9.17, 15) is 4.79 Å². The zero-order chi connectivity index (χ0) is 12.0. The second kappa shape index (κ2) is 6.55. The molecular formula is C12H16O3S. The third-order valence-electron chi connectivity index (χ3n) is 2.07. The van der Waals surface area contributed by atoms with Crippen molar-refractivity contribution in [1.29, 1.82) is 0 Å². The van der Waals surface area contributed by atoms with Crippen LogP contribution in [0.3, 0.4) is 0 Å². The van der Waals surface area contributed by atoms with E-state index in [-0.39, 0.29) is 5.97 Å². The summed E-state index contributed by atoms with van der Waals surface area (Å²) in [5, 5.41) is 0. The normalized spacial score (nSPS) is 10.2. The molecule has 4 heteroatoms. The van der Waals surface area contributed by atoms with E-state index in [1.807, 2.05) is 24.5 Å². The smallest absolute Gasteiger partial charge is 0.339 e. The molecule has 0 aliphatic rings. The molecule has 0 N–H and O–H groups in total. The van der Waals surface area contributed by atoms with Crippen LogP contribution in [0.2, 0.25) is 0 Å². The fourth-order valence-corrected chi connectivity index (χ4v) is 1.95. The average Bonchev–Trinajstić information content (AvgIpc) is 2.30. The van der Waals surface area contributed by atoms with Crippen molar-refractivity contribution in [3.8, 4) is 0 Å². The second-order valence-corrected chi connectivity index (χ2v) is 4.04. The van der Waals surface area contributed by atoms with E-state index < -0.39 is 0 Å². The van der Waals surface area contributed by atoms with Gasteiger partial charge in [0.15, 0.2) is 0 Å². The predicted molar refractivity (Wildman–Crippen MR) is 64.9 cm³/mol. The Morgan fingerprint density at radius 3 is 2.75 bits per heavy atom. The lowest BCUT2D eigenvalue weighted by molar-refractivity contribution is 0.0522. The minimum atomic E-state index is -0.273. The van der Waals surface area contributed by atoms with Crippen LogP contribution in [0.25, 0.3) is 0 Å². The number of methoxy groups -OCH3 is 1. The Morgan fingerprint density at radius 2 is 2.19 bits per heavy atom. The molecule has 1 rings (SSSR count). The average molecular weight is 240 g/mol. The van der Waals surface area contributed by atoms with Crippen LogP contribution in [-0.2, 0) is 16.1 Å². The molecule has 0 aromatic heterocycles. The van der Waals surface area contributed by atoms with Gasteiger partial charge >= 0.3 is 5.97 Å². The highest BCUT2D eigenvalue weighted by Gasteiger charge is 2.12. The quantitative estimate of drug-likeness (QED) is 0.585. The Kier molecular flexibility index (Phi) is 5.35. The fraction of sp³-hybridized carbons (Fsp3) is 0.417. The summed E-state index contributed by atoms with van der Waals surface area (Å²) in [6.07, 6.45) is 1.94. The molecule has 3 nitrogen and oxygen atoms in total. The minimum absolute atomic E-state index is 0.273. The number of rotatable bonds is 5. The number of esters is 1. The van der Waals surface area contributed by atoms with E-state index in [0.29, 0.717) is 18.8 Å². The predicted octanol–water partition coefficient (Wildman–Crippen LogP) is 2.73. The van der Waals surface area contributed by atoms with Crippen molar-refractivity contribution in [2.75, 3.05) is 20.0 Å². The van der Waals surface area contributed by atoms with Gasteiger partial charge in [0.2, 0.25) is 0 Å². The zero-order valence-corrected chi connectivity index (χ0v) is 10.6. The van der Waals surface area contributed by atoms with Gasteiger partial charge in [0.1, 0.15) is 0 Å². The van der Waals surface area contributed by atoms with E-state index in [2.05, 4.69) is 0 Å². The zero-order valence-electron chi connectivity index (χ0n) is 9.78. The van der Waals surface area contributed by atoms with E-state index in [1.165, 1.54) is 11.8 Å². The topological polar surface area (TPSA) is 35.5 Å². The lowest BCUT2D eigenvalue weighted by Crippen LogP contribution is -2.07. The standard InChI is InChI=1S/C12H16O3S/c1-4-15-12(13)10-7-9(8-14-2)5-6-11(10)16-3/h5-7H,4,8H2,1-3H3. The second-order valence-electron chi connectivity index (χ2n) is 3.19. The molecule has 0 atom stereocenters. The number of thioether (sulfide) groups is 1. The van der Waals surface area contributed by atoms with Gasteiger partial charge in [0, 0.05) is 12.0 Å². The first-order valence-corrected chi connectivity index (χ1v) is 6.28. The molecule has 88 valence electrons. The van der Waals surface area contributed by atoms with E-state index in [4.69, 9.17) is 9.47 Å². The van der Waals surface area contributed by atoms with Gasteiger partial charge in [0.25, 0.3) is 0 Å². The lowest BCUT2D eigenvalue weighted by atomic mass is 10.1. The maximum atomic E-state index is 11.7. The van der Waals surface area contributed by atoms with E-state index in [0.717, 1.165) is 10.5 Å². The van der Waals surface area contributed by atoms with Crippen LogP contribution in [0.4, 0.5) is 0 Å². The van der Waals surface area contributed by atoms with E-state index in [1.54, 1.807) is 14.0 Å². The van der Waals surface area contributed by atoms with Crippen LogP contribution >= 0.6 is 11.8 Å². The Labute approximate surface area is 100 Å². The molecule has 0 spiro atoms. The van der Waals surface area contributed by atoms with Crippen molar-refractivity contribution in [2.45, 2.75) is 18.4 Å². The number of carbonyl (C=O) groups is 1. The van der Waals surface area contributed by atoms with Gasteiger partial charge in [-0.2, -0.15) is 0 Å². The number of ether oxygens (including phenoxy) is 2. The maximum Gasteiger partial charge on any atom is 0.339 e. The van der Waals surface area contributed by atoms with Crippen molar-refractivity contribution >= 4 is 17.7 Å². The van der Waals surface area contributed by atoms with Gasteiger partial charge in [-0.25, -0.2) is 4.79 Å². The van der Waals surface area contributed by atoms with Gasteiger partial charge in [0.05, 0.1) is 18.8 Å². The highest BCUT2D eigenvalue weighted by molar-refractivity contribution is 7.98. The molecule has 0 aliphatic carbocycles. The summed E-state index contributed by atoms with van der Waals surface area (Å²) in [5.74, 6) is -0.273. The molecule has 0 fully saturated rings.